The Hall–Kier alpha value is -0.570. The lowest BCUT2D eigenvalue weighted by Gasteiger charge is -2.36. The fraction of sp³-hybridized carbons (Fsp3) is 0.900. The van der Waals surface area contributed by atoms with E-state index >= 15 is 0 Å². The summed E-state index contributed by atoms with van der Waals surface area (Å²) in [6.45, 7) is 12.3. The molecule has 0 radical (unpaired) electrons. The number of hydrogen-bond acceptors (Lipinski definition) is 3. The standard InChI is InChI=1S/C20H39N5O.HI/c1-5-21-19(23-13-12-22-18(26)20(2,3)4)24-16-10-14-25(15-11-16)17-8-6-7-9-17;/h16-17H,5-15H2,1-4H3,(H,22,26)(H2,21,23,24);1H. The third kappa shape index (κ3) is 8.54. The summed E-state index contributed by atoms with van der Waals surface area (Å²) in [5.74, 6) is 0.946. The van der Waals surface area contributed by atoms with E-state index in [1.54, 1.807) is 0 Å². The van der Waals surface area contributed by atoms with Crippen LogP contribution < -0.4 is 16.0 Å². The zero-order chi connectivity index (χ0) is 19.0. The number of likely N-dealkylation sites (tertiary alicyclic amines) is 1. The van der Waals surface area contributed by atoms with Gasteiger partial charge in [0.1, 0.15) is 0 Å². The molecule has 0 spiro atoms. The molecule has 3 N–H and O–H groups in total. The molecule has 7 heteroatoms. The molecule has 1 aliphatic carbocycles. The molecule has 6 nitrogen and oxygen atoms in total. The number of guanidine groups is 1. The summed E-state index contributed by atoms with van der Waals surface area (Å²) in [5, 5.41) is 9.87. The number of piperidine rings is 1. The number of rotatable bonds is 6. The lowest BCUT2D eigenvalue weighted by molar-refractivity contribution is -0.128. The molecule has 0 aromatic rings. The molecule has 0 aromatic heterocycles. The molecule has 0 aromatic carbocycles. The average molecular weight is 493 g/mol. The summed E-state index contributed by atoms with van der Waals surface area (Å²) in [5.41, 5.74) is -0.347. The highest BCUT2D eigenvalue weighted by Gasteiger charge is 2.27. The van der Waals surface area contributed by atoms with Gasteiger partial charge in [-0.3, -0.25) is 9.79 Å². The van der Waals surface area contributed by atoms with E-state index in [1.807, 2.05) is 20.8 Å². The molecule has 0 atom stereocenters. The van der Waals surface area contributed by atoms with Crippen LogP contribution in [0.1, 0.15) is 66.2 Å². The first-order chi connectivity index (χ1) is 12.4. The van der Waals surface area contributed by atoms with Crippen LogP contribution in [0.3, 0.4) is 0 Å². The minimum Gasteiger partial charge on any atom is -0.357 e. The van der Waals surface area contributed by atoms with Crippen molar-refractivity contribution in [3.05, 3.63) is 0 Å². The lowest BCUT2D eigenvalue weighted by atomic mass is 9.96. The van der Waals surface area contributed by atoms with Gasteiger partial charge in [0, 0.05) is 43.7 Å². The Morgan fingerprint density at radius 2 is 1.70 bits per heavy atom. The van der Waals surface area contributed by atoms with Gasteiger partial charge < -0.3 is 20.9 Å². The van der Waals surface area contributed by atoms with Crippen molar-refractivity contribution in [2.45, 2.75) is 78.3 Å². The SMILES string of the molecule is CCNC(=NCCNC(=O)C(C)(C)C)NC1CCN(C2CCCC2)CC1.I. The van der Waals surface area contributed by atoms with Gasteiger partial charge in [-0.25, -0.2) is 0 Å². The van der Waals surface area contributed by atoms with Gasteiger partial charge in [-0.2, -0.15) is 0 Å². The first kappa shape index (κ1) is 24.5. The zero-order valence-corrected chi connectivity index (χ0v) is 20.0. The van der Waals surface area contributed by atoms with E-state index in [4.69, 9.17) is 0 Å². The van der Waals surface area contributed by atoms with Gasteiger partial charge in [-0.15, -0.1) is 24.0 Å². The van der Waals surface area contributed by atoms with E-state index in [0.717, 1.165) is 18.5 Å². The van der Waals surface area contributed by atoms with Crippen molar-refractivity contribution < 1.29 is 4.79 Å². The quantitative estimate of drug-likeness (QED) is 0.231. The third-order valence-electron chi connectivity index (χ3n) is 5.40. The van der Waals surface area contributed by atoms with Crippen LogP contribution in [0.25, 0.3) is 0 Å². The van der Waals surface area contributed by atoms with Crippen LogP contribution in [-0.4, -0.2) is 61.6 Å². The normalized spacial score (nSPS) is 20.2. The molecule has 158 valence electrons. The van der Waals surface area contributed by atoms with Crippen LogP contribution in [0.2, 0.25) is 0 Å². The van der Waals surface area contributed by atoms with Crippen molar-refractivity contribution in [3.63, 3.8) is 0 Å². The van der Waals surface area contributed by atoms with E-state index < -0.39 is 0 Å². The largest absolute Gasteiger partial charge is 0.357 e. The summed E-state index contributed by atoms with van der Waals surface area (Å²) in [4.78, 5) is 19.2. The number of halogens is 1. The van der Waals surface area contributed by atoms with Crippen LogP contribution in [0.4, 0.5) is 0 Å². The number of nitrogens with one attached hydrogen (secondary N) is 3. The number of amides is 1. The maximum atomic E-state index is 11.9. The maximum Gasteiger partial charge on any atom is 0.225 e. The summed E-state index contributed by atoms with van der Waals surface area (Å²) in [6, 6.07) is 1.33. The Morgan fingerprint density at radius 3 is 2.26 bits per heavy atom. The lowest BCUT2D eigenvalue weighted by Crippen LogP contribution is -2.50. The molecular formula is C20H40IN5O. The summed E-state index contributed by atoms with van der Waals surface area (Å²) in [6.07, 6.45) is 7.96. The Labute approximate surface area is 182 Å². The highest BCUT2D eigenvalue weighted by molar-refractivity contribution is 14.0. The van der Waals surface area contributed by atoms with Gasteiger partial charge in [0.15, 0.2) is 5.96 Å². The molecule has 1 amide bonds. The van der Waals surface area contributed by atoms with Gasteiger partial charge in [-0.05, 0) is 32.6 Å². The molecule has 1 aliphatic heterocycles. The molecule has 27 heavy (non-hydrogen) atoms. The molecule has 1 saturated heterocycles. The Balaban J connectivity index is 0.00000364. The predicted molar refractivity (Wildman–Crippen MR) is 124 cm³/mol. The van der Waals surface area contributed by atoms with Crippen molar-refractivity contribution in [2.24, 2.45) is 10.4 Å². The van der Waals surface area contributed by atoms with Gasteiger partial charge in [0.25, 0.3) is 0 Å². The topological polar surface area (TPSA) is 68.8 Å². The van der Waals surface area contributed by atoms with Crippen molar-refractivity contribution >= 4 is 35.8 Å². The van der Waals surface area contributed by atoms with E-state index in [2.05, 4.69) is 32.8 Å². The second-order valence-electron chi connectivity index (χ2n) is 8.66. The minimum atomic E-state index is -0.347. The second kappa shape index (κ2) is 12.1. The van der Waals surface area contributed by atoms with Crippen LogP contribution in [0, 0.1) is 5.41 Å². The Bertz CT molecular complexity index is 463. The molecule has 1 heterocycles. The summed E-state index contributed by atoms with van der Waals surface area (Å²) >= 11 is 0. The number of nitrogens with zero attached hydrogens (tertiary/aromatic N) is 2. The fourth-order valence-electron chi connectivity index (χ4n) is 3.79. The molecule has 0 unspecified atom stereocenters. The molecule has 1 saturated carbocycles. The first-order valence-corrected chi connectivity index (χ1v) is 10.5. The van der Waals surface area contributed by atoms with Crippen LogP contribution in [-0.2, 0) is 4.79 Å². The summed E-state index contributed by atoms with van der Waals surface area (Å²) in [7, 11) is 0. The van der Waals surface area contributed by atoms with Crippen molar-refractivity contribution in [1.29, 1.82) is 0 Å². The summed E-state index contributed by atoms with van der Waals surface area (Å²) < 4.78 is 0. The smallest absolute Gasteiger partial charge is 0.225 e. The average Bonchev–Trinajstić information content (AvgIpc) is 3.13. The number of carbonyl (C=O) groups excluding carboxylic acids is 1. The maximum absolute atomic E-state index is 11.9. The van der Waals surface area contributed by atoms with Crippen LogP contribution >= 0.6 is 24.0 Å². The van der Waals surface area contributed by atoms with Gasteiger partial charge in [0.2, 0.25) is 5.91 Å². The fourth-order valence-corrected chi connectivity index (χ4v) is 3.79. The van der Waals surface area contributed by atoms with Crippen LogP contribution in [0.15, 0.2) is 4.99 Å². The first-order valence-electron chi connectivity index (χ1n) is 10.5. The zero-order valence-electron chi connectivity index (χ0n) is 17.6. The third-order valence-corrected chi connectivity index (χ3v) is 5.40. The minimum absolute atomic E-state index is 0. The Kier molecular flexibility index (Phi) is 11.0. The van der Waals surface area contributed by atoms with Gasteiger partial charge >= 0.3 is 0 Å². The highest BCUT2D eigenvalue weighted by Crippen LogP contribution is 2.26. The number of hydrogen-bond donors (Lipinski definition) is 3. The van der Waals surface area contributed by atoms with Gasteiger partial charge in [0.05, 0.1) is 6.54 Å². The van der Waals surface area contributed by atoms with E-state index in [-0.39, 0.29) is 35.3 Å². The number of aliphatic imine (C=N–C) groups is 1. The molecule has 2 aliphatic rings. The molecule has 0 bridgehead atoms. The van der Waals surface area contributed by atoms with Crippen molar-refractivity contribution in [3.8, 4) is 0 Å². The monoisotopic (exact) mass is 493 g/mol. The second-order valence-corrected chi connectivity index (χ2v) is 8.66. The van der Waals surface area contributed by atoms with E-state index in [0.29, 0.717) is 19.1 Å². The van der Waals surface area contributed by atoms with Crippen molar-refractivity contribution in [2.75, 3.05) is 32.7 Å². The van der Waals surface area contributed by atoms with Gasteiger partial charge in [-0.1, -0.05) is 33.6 Å². The van der Waals surface area contributed by atoms with E-state index in [9.17, 15) is 4.79 Å². The van der Waals surface area contributed by atoms with E-state index in [1.165, 1.54) is 51.6 Å². The van der Waals surface area contributed by atoms with Crippen LogP contribution in [0.5, 0.6) is 0 Å². The Morgan fingerprint density at radius 1 is 1.07 bits per heavy atom. The number of carbonyl (C=O) groups is 1. The molecule has 2 fully saturated rings. The predicted octanol–water partition coefficient (Wildman–Crippen LogP) is 2.73. The molecule has 2 rings (SSSR count). The highest BCUT2D eigenvalue weighted by atomic mass is 127. The van der Waals surface area contributed by atoms with Crippen molar-refractivity contribution in [1.82, 2.24) is 20.9 Å². The molecular weight excluding hydrogens is 453 g/mol.